The third-order valence-electron chi connectivity index (χ3n) is 9.15. The predicted molar refractivity (Wildman–Crippen MR) is 213 cm³/mol. The van der Waals surface area contributed by atoms with Gasteiger partial charge in [-0.1, -0.05) is 18.5 Å². The molecule has 1 aliphatic rings. The molecule has 1 atom stereocenters. The summed E-state index contributed by atoms with van der Waals surface area (Å²) in [7, 11) is 6.80. The number of carbonyl (C=O) groups excluding carboxylic acids is 4. The first-order valence-corrected chi connectivity index (χ1v) is 18.9. The van der Waals surface area contributed by atoms with Gasteiger partial charge in [0, 0.05) is 70.1 Å². The molecule has 0 aliphatic carbocycles. The molecule has 1 saturated heterocycles. The van der Waals surface area contributed by atoms with Crippen LogP contribution in [0, 0.1) is 11.3 Å². The molecule has 0 bridgehead atoms. The van der Waals surface area contributed by atoms with Crippen molar-refractivity contribution in [3.8, 4) is 0 Å². The Morgan fingerprint density at radius 3 is 2.24 bits per heavy atom. The zero-order valence-electron chi connectivity index (χ0n) is 33.8. The number of allylic oxidation sites excluding steroid dienone is 1. The fourth-order valence-corrected chi connectivity index (χ4v) is 6.27. The Bertz CT molecular complexity index is 2020. The number of hydrogen-bond acceptors (Lipinski definition) is 10. The van der Waals surface area contributed by atoms with Crippen molar-refractivity contribution in [1.82, 2.24) is 29.5 Å². The van der Waals surface area contributed by atoms with Crippen molar-refractivity contribution in [2.75, 3.05) is 69.4 Å². The van der Waals surface area contributed by atoms with Crippen LogP contribution in [0.25, 0.3) is 5.57 Å². The Morgan fingerprint density at radius 1 is 1.03 bits per heavy atom. The molecule has 4 rings (SSSR count). The van der Waals surface area contributed by atoms with Gasteiger partial charge in [-0.15, -0.1) is 10.2 Å². The van der Waals surface area contributed by atoms with E-state index in [0.717, 1.165) is 36.4 Å². The number of carbonyl (C=O) groups is 4. The smallest absolute Gasteiger partial charge is 0.433 e. The lowest BCUT2D eigenvalue weighted by Gasteiger charge is -2.36. The van der Waals surface area contributed by atoms with Gasteiger partial charge < -0.3 is 34.2 Å². The fraction of sp³-hybridized carbons (Fsp3) is 0.474. The van der Waals surface area contributed by atoms with Gasteiger partial charge in [-0.25, -0.2) is 9.78 Å². The molecule has 1 aliphatic heterocycles. The van der Waals surface area contributed by atoms with Crippen molar-refractivity contribution in [1.29, 1.82) is 5.41 Å². The van der Waals surface area contributed by atoms with Gasteiger partial charge in [0.25, 0.3) is 11.8 Å². The van der Waals surface area contributed by atoms with Gasteiger partial charge in [-0.3, -0.25) is 25.1 Å². The summed E-state index contributed by atoms with van der Waals surface area (Å²) in [5.74, 6) is -1.29. The first-order chi connectivity index (χ1) is 27.1. The summed E-state index contributed by atoms with van der Waals surface area (Å²) < 4.78 is 48.2. The lowest BCUT2D eigenvalue weighted by molar-refractivity contribution is -0.858. The molecule has 1 unspecified atom stereocenters. The Balaban J connectivity index is 1.45. The summed E-state index contributed by atoms with van der Waals surface area (Å²) in [5.41, 5.74) is -2.93. The van der Waals surface area contributed by atoms with Crippen molar-refractivity contribution < 1.29 is 42.0 Å². The van der Waals surface area contributed by atoms with Crippen LogP contribution in [0.15, 0.2) is 42.7 Å². The normalized spacial score (nSPS) is 14.3. The molecule has 3 aromatic rings. The third kappa shape index (κ3) is 11.7. The van der Waals surface area contributed by atoms with E-state index in [-0.39, 0.29) is 57.2 Å². The average Bonchev–Trinajstić information content (AvgIpc) is 3.53. The first-order valence-electron chi connectivity index (χ1n) is 18.5. The number of quaternary nitrogens is 1. The Labute approximate surface area is 339 Å². The number of amides is 4. The number of imidazole rings is 1. The van der Waals surface area contributed by atoms with Crippen LogP contribution in [0.5, 0.6) is 0 Å². The van der Waals surface area contributed by atoms with Gasteiger partial charge in [0.05, 0.1) is 43.1 Å². The molecule has 4 N–H and O–H groups in total. The van der Waals surface area contributed by atoms with Gasteiger partial charge in [-0.05, 0) is 57.5 Å². The molecule has 2 aromatic heterocycles. The zero-order valence-corrected chi connectivity index (χ0v) is 34.5. The summed E-state index contributed by atoms with van der Waals surface area (Å²) in [6.07, 6.45) is -2.28. The predicted octanol–water partition coefficient (Wildman–Crippen LogP) is 4.37. The molecule has 0 spiro atoms. The summed E-state index contributed by atoms with van der Waals surface area (Å²) >= 11 is 6.52. The van der Waals surface area contributed by atoms with E-state index in [1.165, 1.54) is 54.2 Å². The van der Waals surface area contributed by atoms with Gasteiger partial charge in [0.2, 0.25) is 5.91 Å². The number of halogens is 4. The highest BCUT2D eigenvalue weighted by molar-refractivity contribution is 6.34. The number of nitrogens with one attached hydrogen (secondary N) is 4. The minimum absolute atomic E-state index is 0.0309. The number of ether oxygens (including phenoxy) is 1. The maximum atomic E-state index is 14.0. The van der Waals surface area contributed by atoms with Gasteiger partial charge in [0.15, 0.2) is 17.5 Å². The molecule has 1 fully saturated rings. The van der Waals surface area contributed by atoms with Crippen molar-refractivity contribution in [3.63, 3.8) is 0 Å². The number of alkyl halides is 3. The molecule has 16 nitrogen and oxygen atoms in total. The molecule has 314 valence electrons. The highest BCUT2D eigenvalue weighted by atomic mass is 35.5. The number of benzene rings is 1. The third-order valence-corrected chi connectivity index (χ3v) is 9.47. The van der Waals surface area contributed by atoms with Crippen LogP contribution in [0.1, 0.15) is 67.2 Å². The van der Waals surface area contributed by atoms with Gasteiger partial charge in [-0.2, -0.15) is 13.2 Å². The van der Waals surface area contributed by atoms with Gasteiger partial charge in [0.1, 0.15) is 11.3 Å². The number of aromatic nitrogens is 4. The fourth-order valence-electron chi connectivity index (χ4n) is 6.01. The maximum absolute atomic E-state index is 14.0. The van der Waals surface area contributed by atoms with Crippen molar-refractivity contribution >= 4 is 64.0 Å². The second-order valence-corrected chi connectivity index (χ2v) is 15.5. The van der Waals surface area contributed by atoms with Gasteiger partial charge >= 0.3 is 12.3 Å². The van der Waals surface area contributed by atoms with E-state index in [4.69, 9.17) is 21.7 Å². The average molecular weight is 833 g/mol. The van der Waals surface area contributed by atoms with E-state index >= 15 is 0 Å². The maximum Gasteiger partial charge on any atom is 0.433 e. The second kappa shape index (κ2) is 18.8. The van der Waals surface area contributed by atoms with E-state index in [9.17, 15) is 32.3 Å². The van der Waals surface area contributed by atoms with Crippen LogP contribution >= 0.6 is 11.6 Å². The van der Waals surface area contributed by atoms with E-state index in [0.29, 0.717) is 26.2 Å². The number of piperazine rings is 1. The molecule has 4 amide bonds. The van der Waals surface area contributed by atoms with E-state index in [1.54, 1.807) is 30.6 Å². The SMILES string of the molecule is CCC(CC[NH+](C)C)C(=O)N1CCN(C(=O)c2ccc(NC(=O)c3ncc(C(=CN(C)c4ccc(NC(=O)OC(C)(C)C)nn4)C(=N)C(F)(F)F)n3C)cc2Cl)CC1. The monoisotopic (exact) mass is 832 g/mol. The summed E-state index contributed by atoms with van der Waals surface area (Å²) in [6.45, 7) is 9.41. The number of nitrogens with zero attached hydrogens (tertiary/aromatic N) is 7. The standard InChI is InChI=1S/C38H49ClF3N11O5/c1-9-23(14-15-49(5)6)34(55)52-16-18-53(19-17-52)35(56)25-11-10-24(20-27(25)39)45-33(54)32-44-21-28(51(32)8)26(31(43)38(40,41)42)22-50(7)30-13-12-29(47-48-30)46-36(57)58-37(2,3)4/h10-13,20-23,43H,9,14-19H2,1-8H3,(H,45,54)(H,46,47,57)/p+1. The summed E-state index contributed by atoms with van der Waals surface area (Å²) in [6, 6.07) is 7.06. The highest BCUT2D eigenvalue weighted by Gasteiger charge is 2.39. The van der Waals surface area contributed by atoms with Crippen LogP contribution < -0.4 is 20.4 Å². The Morgan fingerprint density at radius 2 is 1.69 bits per heavy atom. The van der Waals surface area contributed by atoms with Crippen molar-refractivity contribution in [3.05, 3.63) is 64.8 Å². The minimum atomic E-state index is -5.07. The minimum Gasteiger partial charge on any atom is -0.444 e. The van der Waals surface area contributed by atoms with Crippen LogP contribution in [-0.2, 0) is 16.6 Å². The molecule has 0 saturated carbocycles. The molecule has 20 heteroatoms. The van der Waals surface area contributed by atoms with Crippen LogP contribution in [0.3, 0.4) is 0 Å². The van der Waals surface area contributed by atoms with Crippen molar-refractivity contribution in [2.45, 2.75) is 52.3 Å². The first kappa shape index (κ1) is 45.1. The topological polar surface area (TPSA) is 183 Å². The van der Waals surface area contributed by atoms with Crippen LogP contribution in [-0.4, -0.2) is 125 Å². The molecule has 0 radical (unpaired) electrons. The van der Waals surface area contributed by atoms with E-state index < -0.39 is 35.1 Å². The Kier molecular flexibility index (Phi) is 14.6. The number of rotatable bonds is 13. The van der Waals surface area contributed by atoms with Crippen LogP contribution in [0.4, 0.5) is 35.3 Å². The lowest BCUT2D eigenvalue weighted by atomic mass is 10.00. The molecule has 58 heavy (non-hydrogen) atoms. The lowest BCUT2D eigenvalue weighted by Crippen LogP contribution is -3.05. The van der Waals surface area contributed by atoms with E-state index in [2.05, 4.69) is 25.8 Å². The summed E-state index contributed by atoms with van der Waals surface area (Å²) in [5, 5.41) is 20.9. The van der Waals surface area contributed by atoms with Crippen LogP contribution in [0.2, 0.25) is 5.02 Å². The van der Waals surface area contributed by atoms with Crippen molar-refractivity contribution in [2.24, 2.45) is 13.0 Å². The zero-order chi connectivity index (χ0) is 43.1. The molecular formula is C38H50ClF3N11O5+. The Hall–Kier alpha value is -5.56. The highest BCUT2D eigenvalue weighted by Crippen LogP contribution is 2.30. The molecule has 3 heterocycles. The largest absolute Gasteiger partial charge is 0.444 e. The number of hydrogen-bond donors (Lipinski definition) is 4. The summed E-state index contributed by atoms with van der Waals surface area (Å²) in [4.78, 5) is 61.9. The molecular weight excluding hydrogens is 783 g/mol. The quantitative estimate of drug-likeness (QED) is 0.182. The number of anilines is 3. The van der Waals surface area contributed by atoms with E-state index in [1.807, 2.05) is 21.0 Å². The molecule has 1 aromatic carbocycles. The second-order valence-electron chi connectivity index (χ2n) is 15.1.